The highest BCUT2D eigenvalue weighted by atomic mass is 17.6. The Morgan fingerprint density at radius 2 is 0.909 bits per heavy atom. The Morgan fingerprint density at radius 1 is 0.545 bits per heavy atom. The summed E-state index contributed by atoms with van der Waals surface area (Å²) in [5, 5.41) is 15.1. The predicted octanol–water partition coefficient (Wildman–Crippen LogP) is 6.60. The Bertz CT molecular complexity index is 168. The number of hydrogen-bond acceptors (Lipinski definition) is 4. The van der Waals surface area contributed by atoms with Crippen molar-refractivity contribution < 1.29 is 20.2 Å². The summed E-state index contributed by atoms with van der Waals surface area (Å²) in [5.74, 6) is 0. The van der Waals surface area contributed by atoms with E-state index >= 15 is 0 Å². The summed E-state index contributed by atoms with van der Waals surface area (Å²) in [6.07, 6.45) is 21.6. The van der Waals surface area contributed by atoms with Crippen LogP contribution in [0.1, 0.15) is 110 Å². The summed E-state index contributed by atoms with van der Waals surface area (Å²) >= 11 is 0. The lowest BCUT2D eigenvalue weighted by Gasteiger charge is -2.03. The first-order valence-corrected chi connectivity index (χ1v) is 9.51. The molecule has 0 bridgehead atoms. The molecule has 0 radical (unpaired) electrons. The minimum atomic E-state index is 0.471. The summed E-state index contributed by atoms with van der Waals surface area (Å²) in [4.78, 5) is 4.53. The van der Waals surface area contributed by atoms with Gasteiger partial charge in [-0.1, -0.05) is 103 Å². The standard InChI is InChI=1S/C18H38O4/c1-2-3-4-5-6-7-8-9-10-11-12-13-14-15-16-17-18-20-22-21-19/h19H,2-18H2,1H3. The molecule has 0 aliphatic heterocycles. The van der Waals surface area contributed by atoms with Crippen LogP contribution in [0.4, 0.5) is 0 Å². The molecule has 0 atom stereocenters. The molecule has 0 aromatic rings. The number of unbranched alkanes of at least 4 members (excludes halogenated alkanes) is 15. The van der Waals surface area contributed by atoms with Crippen LogP contribution < -0.4 is 0 Å². The van der Waals surface area contributed by atoms with Crippen molar-refractivity contribution in [3.05, 3.63) is 0 Å². The van der Waals surface area contributed by atoms with Crippen LogP contribution in [0, 0.1) is 0 Å². The molecule has 0 saturated heterocycles. The lowest BCUT2D eigenvalue weighted by atomic mass is 10.0. The molecule has 0 spiro atoms. The molecule has 0 saturated carbocycles. The summed E-state index contributed by atoms with van der Waals surface area (Å²) < 4.78 is 0. The molecule has 0 heterocycles. The van der Waals surface area contributed by atoms with Crippen molar-refractivity contribution in [2.24, 2.45) is 0 Å². The monoisotopic (exact) mass is 318 g/mol. The van der Waals surface area contributed by atoms with E-state index in [-0.39, 0.29) is 0 Å². The van der Waals surface area contributed by atoms with Gasteiger partial charge in [-0.05, 0) is 16.5 Å². The van der Waals surface area contributed by atoms with Crippen molar-refractivity contribution in [3.63, 3.8) is 0 Å². The van der Waals surface area contributed by atoms with Crippen LogP contribution in [0.3, 0.4) is 0 Å². The summed E-state index contributed by atoms with van der Waals surface area (Å²) in [6.45, 7) is 2.75. The molecule has 0 aliphatic rings. The van der Waals surface area contributed by atoms with Gasteiger partial charge in [0.1, 0.15) is 0 Å². The Morgan fingerprint density at radius 3 is 1.27 bits per heavy atom. The molecule has 134 valence electrons. The van der Waals surface area contributed by atoms with Crippen molar-refractivity contribution in [2.45, 2.75) is 110 Å². The Kier molecular flexibility index (Phi) is 20.7. The van der Waals surface area contributed by atoms with E-state index in [4.69, 9.17) is 5.26 Å². The third kappa shape index (κ3) is 19.8. The molecular formula is C18H38O4. The molecule has 0 fully saturated rings. The largest absolute Gasteiger partial charge is 0.219 e. The van der Waals surface area contributed by atoms with Gasteiger partial charge in [-0.3, -0.25) is 0 Å². The number of hydrogen-bond donors (Lipinski definition) is 1. The van der Waals surface area contributed by atoms with Crippen LogP contribution in [0.15, 0.2) is 0 Å². The lowest BCUT2D eigenvalue weighted by Crippen LogP contribution is -1.95. The van der Waals surface area contributed by atoms with Crippen LogP contribution in [-0.4, -0.2) is 11.9 Å². The zero-order chi connectivity index (χ0) is 16.1. The molecule has 4 heteroatoms. The average Bonchev–Trinajstić information content (AvgIpc) is 2.54. The van der Waals surface area contributed by atoms with Gasteiger partial charge in [-0.25, -0.2) is 10.1 Å². The van der Waals surface area contributed by atoms with Gasteiger partial charge in [0, 0.05) is 0 Å². The molecule has 0 aromatic carbocycles. The first-order valence-electron chi connectivity index (χ1n) is 9.51. The minimum Gasteiger partial charge on any atom is -0.219 e. The fraction of sp³-hybridized carbons (Fsp3) is 1.00. The Balaban J connectivity index is 2.91. The van der Waals surface area contributed by atoms with Gasteiger partial charge in [0.25, 0.3) is 0 Å². The van der Waals surface area contributed by atoms with Gasteiger partial charge in [-0.15, -0.1) is 0 Å². The fourth-order valence-corrected chi connectivity index (χ4v) is 2.76. The van der Waals surface area contributed by atoms with Crippen molar-refractivity contribution in [2.75, 3.05) is 6.61 Å². The quantitative estimate of drug-likeness (QED) is 0.165. The predicted molar refractivity (Wildman–Crippen MR) is 90.3 cm³/mol. The highest BCUT2D eigenvalue weighted by molar-refractivity contribution is 4.49. The topological polar surface area (TPSA) is 47.9 Å². The van der Waals surface area contributed by atoms with E-state index in [1.54, 1.807) is 0 Å². The van der Waals surface area contributed by atoms with Crippen LogP contribution in [0.5, 0.6) is 0 Å². The normalized spacial score (nSPS) is 11.2. The summed E-state index contributed by atoms with van der Waals surface area (Å²) in [5.41, 5.74) is 0. The van der Waals surface area contributed by atoms with E-state index in [2.05, 4.69) is 21.9 Å². The van der Waals surface area contributed by atoms with Gasteiger partial charge < -0.3 is 0 Å². The van der Waals surface area contributed by atoms with Crippen molar-refractivity contribution >= 4 is 0 Å². The maximum atomic E-state index is 7.85. The second kappa shape index (κ2) is 20.8. The van der Waals surface area contributed by atoms with Crippen LogP contribution in [0.2, 0.25) is 0 Å². The van der Waals surface area contributed by atoms with Gasteiger partial charge >= 0.3 is 0 Å². The maximum Gasteiger partial charge on any atom is 0.0854 e. The third-order valence-electron chi connectivity index (χ3n) is 4.16. The van der Waals surface area contributed by atoms with E-state index in [9.17, 15) is 0 Å². The van der Waals surface area contributed by atoms with Gasteiger partial charge in [0.05, 0.1) is 6.61 Å². The van der Waals surface area contributed by atoms with Crippen molar-refractivity contribution in [3.8, 4) is 0 Å². The van der Waals surface area contributed by atoms with E-state index in [0.29, 0.717) is 6.61 Å². The second-order valence-corrected chi connectivity index (χ2v) is 6.27. The summed E-state index contributed by atoms with van der Waals surface area (Å²) in [7, 11) is 0. The van der Waals surface area contributed by atoms with Crippen LogP contribution in [0.25, 0.3) is 0 Å². The first kappa shape index (κ1) is 21.8. The molecule has 1 N–H and O–H groups in total. The number of rotatable bonds is 19. The van der Waals surface area contributed by atoms with Gasteiger partial charge in [0.15, 0.2) is 0 Å². The molecule has 0 aromatic heterocycles. The SMILES string of the molecule is CCCCCCCCCCCCCCCCCCOOOO. The maximum absolute atomic E-state index is 7.85. The van der Waals surface area contributed by atoms with E-state index < -0.39 is 0 Å². The first-order chi connectivity index (χ1) is 10.9. The Labute approximate surface area is 137 Å². The molecular weight excluding hydrogens is 280 g/mol. The van der Waals surface area contributed by atoms with Gasteiger partial charge in [0.2, 0.25) is 0 Å². The summed E-state index contributed by atoms with van der Waals surface area (Å²) in [6, 6.07) is 0. The van der Waals surface area contributed by atoms with Crippen molar-refractivity contribution in [1.82, 2.24) is 0 Å². The third-order valence-corrected chi connectivity index (χ3v) is 4.16. The molecule has 4 nitrogen and oxygen atoms in total. The zero-order valence-corrected chi connectivity index (χ0v) is 14.7. The zero-order valence-electron chi connectivity index (χ0n) is 14.7. The van der Waals surface area contributed by atoms with E-state index in [1.165, 1.54) is 89.9 Å². The van der Waals surface area contributed by atoms with E-state index in [1.807, 2.05) is 0 Å². The highest BCUT2D eigenvalue weighted by Gasteiger charge is 1.95. The Hall–Kier alpha value is -0.160. The lowest BCUT2D eigenvalue weighted by molar-refractivity contribution is -0.623. The van der Waals surface area contributed by atoms with Crippen LogP contribution >= 0.6 is 0 Å². The van der Waals surface area contributed by atoms with E-state index in [0.717, 1.165) is 12.8 Å². The highest BCUT2D eigenvalue weighted by Crippen LogP contribution is 2.13. The smallest absolute Gasteiger partial charge is 0.0854 e. The molecule has 0 unspecified atom stereocenters. The molecule has 0 rings (SSSR count). The second-order valence-electron chi connectivity index (χ2n) is 6.27. The van der Waals surface area contributed by atoms with Crippen LogP contribution in [-0.2, 0) is 15.0 Å². The molecule has 0 aliphatic carbocycles. The molecule has 22 heavy (non-hydrogen) atoms. The van der Waals surface area contributed by atoms with Gasteiger partial charge in [-0.2, -0.15) is 0 Å². The minimum absolute atomic E-state index is 0.471. The fourth-order valence-electron chi connectivity index (χ4n) is 2.76. The average molecular weight is 318 g/mol. The van der Waals surface area contributed by atoms with Crippen molar-refractivity contribution in [1.29, 1.82) is 0 Å². The molecule has 0 amide bonds.